The van der Waals surface area contributed by atoms with Crippen LogP contribution >= 0.6 is 11.6 Å². The number of likely N-dealkylation sites (N-methyl/N-ethyl adjacent to an activating group) is 1. The maximum atomic E-state index is 6.35. The van der Waals surface area contributed by atoms with Crippen molar-refractivity contribution in [3.63, 3.8) is 0 Å². The summed E-state index contributed by atoms with van der Waals surface area (Å²) in [5.74, 6) is 0.906. The van der Waals surface area contributed by atoms with Gasteiger partial charge in [-0.15, -0.1) is 0 Å². The Labute approximate surface area is 131 Å². The van der Waals surface area contributed by atoms with Crippen molar-refractivity contribution in [2.45, 2.75) is 26.3 Å². The van der Waals surface area contributed by atoms with E-state index in [1.807, 2.05) is 31.8 Å². The van der Waals surface area contributed by atoms with E-state index in [0.29, 0.717) is 0 Å². The second kappa shape index (κ2) is 6.50. The zero-order valence-electron chi connectivity index (χ0n) is 13.2. The lowest BCUT2D eigenvalue weighted by Crippen LogP contribution is -2.20. The minimum atomic E-state index is 0.182. The molecule has 0 radical (unpaired) electrons. The van der Waals surface area contributed by atoms with Crippen molar-refractivity contribution in [3.8, 4) is 5.75 Å². The van der Waals surface area contributed by atoms with Crippen LogP contribution in [0.25, 0.3) is 0 Å². The molecule has 0 amide bonds. The van der Waals surface area contributed by atoms with Gasteiger partial charge in [0.2, 0.25) is 0 Å². The molecule has 1 aromatic carbocycles. The summed E-state index contributed by atoms with van der Waals surface area (Å²) in [5.41, 5.74) is 4.25. The summed E-state index contributed by atoms with van der Waals surface area (Å²) in [6.07, 6.45) is 0.790. The van der Waals surface area contributed by atoms with Crippen molar-refractivity contribution in [3.05, 3.63) is 45.7 Å². The van der Waals surface area contributed by atoms with Gasteiger partial charge in [-0.3, -0.25) is 4.68 Å². The first-order chi connectivity index (χ1) is 9.97. The van der Waals surface area contributed by atoms with Crippen molar-refractivity contribution in [1.29, 1.82) is 0 Å². The summed E-state index contributed by atoms with van der Waals surface area (Å²) >= 11 is 6.35. The Balaban J connectivity index is 2.30. The normalized spacial score (nSPS) is 12.5. The molecular weight excluding hydrogens is 286 g/mol. The molecule has 0 saturated carbocycles. The highest BCUT2D eigenvalue weighted by atomic mass is 35.5. The molecule has 2 aromatic rings. The highest BCUT2D eigenvalue weighted by Gasteiger charge is 2.18. The zero-order chi connectivity index (χ0) is 15.6. The summed E-state index contributed by atoms with van der Waals surface area (Å²) < 4.78 is 7.18. The van der Waals surface area contributed by atoms with Crippen LogP contribution in [0.2, 0.25) is 5.02 Å². The topological polar surface area (TPSA) is 39.1 Å². The average Bonchev–Trinajstić information content (AvgIpc) is 2.70. The van der Waals surface area contributed by atoms with Crippen LogP contribution in [0.1, 0.15) is 28.6 Å². The van der Waals surface area contributed by atoms with Gasteiger partial charge >= 0.3 is 0 Å². The lowest BCUT2D eigenvalue weighted by atomic mass is 9.99. The summed E-state index contributed by atoms with van der Waals surface area (Å²) in [6.45, 7) is 3.98. The third-order valence-corrected chi connectivity index (χ3v) is 4.32. The smallest absolute Gasteiger partial charge is 0.121 e. The Kier molecular flexibility index (Phi) is 4.91. The number of hydrogen-bond acceptors (Lipinski definition) is 3. The summed E-state index contributed by atoms with van der Waals surface area (Å²) in [4.78, 5) is 0. The van der Waals surface area contributed by atoms with Gasteiger partial charge in [0.1, 0.15) is 5.75 Å². The molecule has 0 aliphatic carbocycles. The molecule has 0 aliphatic rings. The van der Waals surface area contributed by atoms with E-state index in [9.17, 15) is 0 Å². The maximum Gasteiger partial charge on any atom is 0.121 e. The molecule has 5 heteroatoms. The van der Waals surface area contributed by atoms with Crippen molar-refractivity contribution in [2.75, 3.05) is 14.2 Å². The maximum absolute atomic E-state index is 6.35. The van der Waals surface area contributed by atoms with Gasteiger partial charge in [-0.1, -0.05) is 23.7 Å². The van der Waals surface area contributed by atoms with E-state index in [-0.39, 0.29) is 6.04 Å². The van der Waals surface area contributed by atoms with Crippen LogP contribution in [0, 0.1) is 13.8 Å². The van der Waals surface area contributed by atoms with E-state index >= 15 is 0 Å². The van der Waals surface area contributed by atoms with E-state index in [4.69, 9.17) is 16.3 Å². The minimum absolute atomic E-state index is 0.182. The third kappa shape index (κ3) is 3.22. The molecule has 114 valence electrons. The molecule has 0 spiro atoms. The Hall–Kier alpha value is -1.52. The van der Waals surface area contributed by atoms with E-state index in [1.165, 1.54) is 5.56 Å². The van der Waals surface area contributed by atoms with Crippen LogP contribution in [0.3, 0.4) is 0 Å². The van der Waals surface area contributed by atoms with Gasteiger partial charge in [0.15, 0.2) is 0 Å². The highest BCUT2D eigenvalue weighted by molar-refractivity contribution is 6.31. The second-order valence-corrected chi connectivity index (χ2v) is 5.62. The molecule has 0 fully saturated rings. The largest absolute Gasteiger partial charge is 0.496 e. The fraction of sp³-hybridized carbons (Fsp3) is 0.438. The van der Waals surface area contributed by atoms with E-state index < -0.39 is 0 Å². The Morgan fingerprint density at radius 2 is 2.10 bits per heavy atom. The number of nitrogens with zero attached hydrogens (tertiary/aromatic N) is 2. The van der Waals surface area contributed by atoms with Gasteiger partial charge in [-0.05, 0) is 38.1 Å². The van der Waals surface area contributed by atoms with Crippen LogP contribution in [-0.2, 0) is 13.5 Å². The van der Waals surface area contributed by atoms with E-state index in [2.05, 4.69) is 29.5 Å². The molecule has 2 rings (SSSR count). The molecule has 0 bridgehead atoms. The van der Waals surface area contributed by atoms with Gasteiger partial charge < -0.3 is 10.1 Å². The van der Waals surface area contributed by atoms with Crippen molar-refractivity contribution < 1.29 is 4.74 Å². The number of rotatable bonds is 5. The SMILES string of the molecule is CNC(Cc1c(Cl)c(C)nn1C)c1ccc(OC)c(C)c1. The van der Waals surface area contributed by atoms with Crippen LogP contribution in [-0.4, -0.2) is 23.9 Å². The number of nitrogens with one attached hydrogen (secondary N) is 1. The molecular formula is C16H22ClN3O. The van der Waals surface area contributed by atoms with Crippen LogP contribution in [0.5, 0.6) is 5.75 Å². The van der Waals surface area contributed by atoms with Crippen molar-refractivity contribution >= 4 is 11.6 Å². The fourth-order valence-electron chi connectivity index (χ4n) is 2.60. The summed E-state index contributed by atoms with van der Waals surface area (Å²) in [6, 6.07) is 6.42. The highest BCUT2D eigenvalue weighted by Crippen LogP contribution is 2.28. The van der Waals surface area contributed by atoms with E-state index in [1.54, 1.807) is 7.11 Å². The number of aromatic nitrogens is 2. The number of aryl methyl sites for hydroxylation is 3. The lowest BCUT2D eigenvalue weighted by molar-refractivity contribution is 0.411. The van der Waals surface area contributed by atoms with Gasteiger partial charge in [-0.25, -0.2) is 0 Å². The average molecular weight is 308 g/mol. The van der Waals surface area contributed by atoms with Crippen molar-refractivity contribution in [2.24, 2.45) is 7.05 Å². The fourth-order valence-corrected chi connectivity index (χ4v) is 2.84. The van der Waals surface area contributed by atoms with Gasteiger partial charge in [0.05, 0.1) is 23.5 Å². The first-order valence-corrected chi connectivity index (χ1v) is 7.35. The van der Waals surface area contributed by atoms with Gasteiger partial charge in [0, 0.05) is 19.5 Å². The van der Waals surface area contributed by atoms with Crippen LogP contribution in [0.4, 0.5) is 0 Å². The Bertz CT molecular complexity index is 637. The third-order valence-electron chi connectivity index (χ3n) is 3.83. The second-order valence-electron chi connectivity index (χ2n) is 5.24. The van der Waals surface area contributed by atoms with Crippen LogP contribution in [0.15, 0.2) is 18.2 Å². The monoisotopic (exact) mass is 307 g/mol. The minimum Gasteiger partial charge on any atom is -0.496 e. The molecule has 1 N–H and O–H groups in total. The molecule has 21 heavy (non-hydrogen) atoms. The number of hydrogen-bond donors (Lipinski definition) is 1. The number of ether oxygens (including phenoxy) is 1. The molecule has 0 aliphatic heterocycles. The number of benzene rings is 1. The summed E-state index contributed by atoms with van der Waals surface area (Å²) in [5, 5.41) is 8.48. The first-order valence-electron chi connectivity index (χ1n) is 6.97. The van der Waals surface area contributed by atoms with Crippen molar-refractivity contribution in [1.82, 2.24) is 15.1 Å². The molecule has 0 saturated heterocycles. The predicted molar refractivity (Wildman–Crippen MR) is 86.2 cm³/mol. The Morgan fingerprint density at radius 3 is 2.57 bits per heavy atom. The molecule has 1 unspecified atom stereocenters. The zero-order valence-corrected chi connectivity index (χ0v) is 14.0. The predicted octanol–water partition coefficient (Wildman–Crippen LogP) is 3.20. The quantitative estimate of drug-likeness (QED) is 0.922. The lowest BCUT2D eigenvalue weighted by Gasteiger charge is -2.18. The first kappa shape index (κ1) is 15.9. The molecule has 1 heterocycles. The molecule has 1 aromatic heterocycles. The standard InChI is InChI=1S/C16H22ClN3O/c1-10-8-12(6-7-15(10)21-5)13(18-3)9-14-16(17)11(2)19-20(14)4/h6-8,13,18H,9H2,1-5H3. The van der Waals surface area contributed by atoms with Crippen LogP contribution < -0.4 is 10.1 Å². The molecule has 1 atom stereocenters. The number of halogens is 1. The summed E-state index contributed by atoms with van der Waals surface area (Å²) in [7, 11) is 5.58. The van der Waals surface area contributed by atoms with E-state index in [0.717, 1.165) is 34.1 Å². The Morgan fingerprint density at radius 1 is 1.38 bits per heavy atom. The van der Waals surface area contributed by atoms with Gasteiger partial charge in [0.25, 0.3) is 0 Å². The number of methoxy groups -OCH3 is 1. The molecule has 4 nitrogen and oxygen atoms in total. The van der Waals surface area contributed by atoms with Gasteiger partial charge in [-0.2, -0.15) is 5.10 Å².